The summed E-state index contributed by atoms with van der Waals surface area (Å²) in [5.41, 5.74) is 6.52. The molecule has 18 heavy (non-hydrogen) atoms. The van der Waals surface area contributed by atoms with E-state index < -0.39 is 17.6 Å². The van der Waals surface area contributed by atoms with Crippen LogP contribution in [0.25, 0.3) is 0 Å². The van der Waals surface area contributed by atoms with E-state index in [0.717, 1.165) is 12.0 Å². The first kappa shape index (κ1) is 14.7. The normalized spacial score (nSPS) is 15.2. The van der Waals surface area contributed by atoms with Crippen LogP contribution < -0.4 is 5.73 Å². The second-order valence-corrected chi connectivity index (χ2v) is 5.48. The van der Waals surface area contributed by atoms with Gasteiger partial charge in [-0.05, 0) is 39.7 Å². The number of aromatic nitrogens is 2. The fourth-order valence-corrected chi connectivity index (χ4v) is 1.51. The number of rotatable bonds is 4. The van der Waals surface area contributed by atoms with Crippen LogP contribution in [-0.4, -0.2) is 27.4 Å². The fraction of sp³-hybridized carbons (Fsp3) is 0.692. The number of carbonyl (C=O) groups is 1. The van der Waals surface area contributed by atoms with Gasteiger partial charge in [-0.2, -0.15) is 5.10 Å². The van der Waals surface area contributed by atoms with Crippen LogP contribution in [0.2, 0.25) is 0 Å². The molecule has 0 saturated heterocycles. The molecule has 0 aromatic carbocycles. The van der Waals surface area contributed by atoms with Gasteiger partial charge in [0.2, 0.25) is 0 Å². The van der Waals surface area contributed by atoms with Gasteiger partial charge in [-0.25, -0.2) is 0 Å². The number of hydrogen-bond acceptors (Lipinski definition) is 4. The highest BCUT2D eigenvalue weighted by molar-refractivity contribution is 5.76. The molecule has 0 spiro atoms. The second kappa shape index (κ2) is 5.52. The number of hydrogen-bond donors (Lipinski definition) is 1. The van der Waals surface area contributed by atoms with E-state index in [1.807, 2.05) is 33.9 Å². The molecule has 2 atom stereocenters. The smallest absolute Gasteiger partial charge is 0.325 e. The summed E-state index contributed by atoms with van der Waals surface area (Å²) >= 11 is 0. The van der Waals surface area contributed by atoms with Gasteiger partial charge >= 0.3 is 5.97 Å². The van der Waals surface area contributed by atoms with Crippen molar-refractivity contribution < 1.29 is 9.53 Å². The lowest BCUT2D eigenvalue weighted by atomic mass is 10.1. The maximum absolute atomic E-state index is 11.9. The average molecular weight is 253 g/mol. The van der Waals surface area contributed by atoms with Crippen LogP contribution in [0, 0.1) is 0 Å². The highest BCUT2D eigenvalue weighted by Crippen LogP contribution is 2.15. The Morgan fingerprint density at radius 1 is 1.56 bits per heavy atom. The van der Waals surface area contributed by atoms with Crippen LogP contribution in [0.5, 0.6) is 0 Å². The van der Waals surface area contributed by atoms with E-state index in [0.29, 0.717) is 0 Å². The number of ether oxygens (including phenoxy) is 1. The van der Waals surface area contributed by atoms with Crippen LogP contribution in [0.1, 0.15) is 46.2 Å². The van der Waals surface area contributed by atoms with E-state index in [1.165, 1.54) is 0 Å². The molecular formula is C13H23N3O2. The molecule has 0 radical (unpaired) electrons. The second-order valence-electron chi connectivity index (χ2n) is 5.48. The number of carbonyl (C=O) groups excluding carboxylic acids is 1. The third kappa shape index (κ3) is 3.84. The first-order valence-electron chi connectivity index (χ1n) is 6.26. The van der Waals surface area contributed by atoms with E-state index in [2.05, 4.69) is 12.0 Å². The van der Waals surface area contributed by atoms with E-state index in [-0.39, 0.29) is 6.04 Å². The topological polar surface area (TPSA) is 70.1 Å². The van der Waals surface area contributed by atoms with Crippen molar-refractivity contribution >= 4 is 5.97 Å². The SMILES string of the molecule is CCc1cnn(C(C)C(N)C(=O)OC(C)(C)C)c1. The minimum atomic E-state index is -0.714. The van der Waals surface area contributed by atoms with Gasteiger partial charge in [0.05, 0.1) is 12.2 Å². The predicted octanol–water partition coefficient (Wildman–Crippen LogP) is 1.68. The standard InChI is InChI=1S/C13H23N3O2/c1-6-10-7-15-16(8-10)9(2)11(14)12(17)18-13(3,4)5/h7-9,11H,6,14H2,1-5H3. The summed E-state index contributed by atoms with van der Waals surface area (Å²) in [5, 5.41) is 4.22. The Morgan fingerprint density at radius 3 is 2.61 bits per heavy atom. The Labute approximate surface area is 108 Å². The molecule has 102 valence electrons. The predicted molar refractivity (Wildman–Crippen MR) is 70.1 cm³/mol. The zero-order valence-corrected chi connectivity index (χ0v) is 11.8. The van der Waals surface area contributed by atoms with Gasteiger partial charge in [-0.3, -0.25) is 9.48 Å². The van der Waals surface area contributed by atoms with Crippen LogP contribution in [0.4, 0.5) is 0 Å². The quantitative estimate of drug-likeness (QED) is 0.829. The average Bonchev–Trinajstić information content (AvgIpc) is 2.73. The zero-order valence-electron chi connectivity index (χ0n) is 11.8. The van der Waals surface area contributed by atoms with Crippen LogP contribution in [0.3, 0.4) is 0 Å². The van der Waals surface area contributed by atoms with Crippen molar-refractivity contribution in [2.45, 2.75) is 58.7 Å². The van der Waals surface area contributed by atoms with Gasteiger partial charge < -0.3 is 10.5 Å². The van der Waals surface area contributed by atoms with Crippen molar-refractivity contribution in [2.75, 3.05) is 0 Å². The van der Waals surface area contributed by atoms with Crippen molar-refractivity contribution in [3.05, 3.63) is 18.0 Å². The van der Waals surface area contributed by atoms with Gasteiger partial charge in [0.1, 0.15) is 11.6 Å². The highest BCUT2D eigenvalue weighted by Gasteiger charge is 2.27. The lowest BCUT2D eigenvalue weighted by molar-refractivity contribution is -0.157. The van der Waals surface area contributed by atoms with E-state index in [4.69, 9.17) is 10.5 Å². The minimum Gasteiger partial charge on any atom is -0.459 e. The van der Waals surface area contributed by atoms with Crippen molar-refractivity contribution in [3.63, 3.8) is 0 Å². The molecular weight excluding hydrogens is 230 g/mol. The highest BCUT2D eigenvalue weighted by atomic mass is 16.6. The zero-order chi connectivity index (χ0) is 13.9. The van der Waals surface area contributed by atoms with Crippen LogP contribution in [0.15, 0.2) is 12.4 Å². The molecule has 0 aliphatic rings. The summed E-state index contributed by atoms with van der Waals surface area (Å²) in [4.78, 5) is 11.9. The molecule has 0 amide bonds. The summed E-state index contributed by atoms with van der Waals surface area (Å²) in [7, 11) is 0. The van der Waals surface area contributed by atoms with Crippen molar-refractivity contribution in [3.8, 4) is 0 Å². The Morgan fingerprint density at radius 2 is 2.17 bits per heavy atom. The minimum absolute atomic E-state index is 0.222. The Hall–Kier alpha value is -1.36. The molecule has 1 heterocycles. The molecule has 0 aliphatic heterocycles. The Kier molecular flexibility index (Phi) is 4.51. The molecule has 2 N–H and O–H groups in total. The lowest BCUT2D eigenvalue weighted by Gasteiger charge is -2.25. The van der Waals surface area contributed by atoms with Gasteiger partial charge in [-0.1, -0.05) is 6.92 Å². The van der Waals surface area contributed by atoms with Gasteiger partial charge in [-0.15, -0.1) is 0 Å². The maximum Gasteiger partial charge on any atom is 0.325 e. The number of esters is 1. The van der Waals surface area contributed by atoms with Crippen LogP contribution >= 0.6 is 0 Å². The summed E-state index contributed by atoms with van der Waals surface area (Å²) < 4.78 is 6.99. The molecule has 0 fully saturated rings. The molecule has 2 unspecified atom stereocenters. The molecule has 0 bridgehead atoms. The molecule has 0 aliphatic carbocycles. The molecule has 0 saturated carbocycles. The van der Waals surface area contributed by atoms with E-state index in [1.54, 1.807) is 10.9 Å². The first-order chi connectivity index (χ1) is 8.24. The van der Waals surface area contributed by atoms with Gasteiger partial charge in [0, 0.05) is 6.20 Å². The summed E-state index contributed by atoms with van der Waals surface area (Å²) in [6, 6.07) is -0.936. The van der Waals surface area contributed by atoms with Gasteiger partial charge in [0.25, 0.3) is 0 Å². The van der Waals surface area contributed by atoms with E-state index in [9.17, 15) is 4.79 Å². The number of aryl methyl sites for hydroxylation is 1. The van der Waals surface area contributed by atoms with Crippen molar-refractivity contribution in [1.29, 1.82) is 0 Å². The molecule has 1 rings (SSSR count). The van der Waals surface area contributed by atoms with Crippen molar-refractivity contribution in [2.24, 2.45) is 5.73 Å². The number of nitrogens with two attached hydrogens (primary N) is 1. The first-order valence-corrected chi connectivity index (χ1v) is 6.26. The Bertz CT molecular complexity index is 407. The maximum atomic E-state index is 11.9. The molecule has 1 aromatic rings. The summed E-state index contributed by atoms with van der Waals surface area (Å²) in [6.45, 7) is 9.39. The Balaban J connectivity index is 2.71. The number of nitrogens with zero attached hydrogens (tertiary/aromatic N) is 2. The largest absolute Gasteiger partial charge is 0.459 e. The van der Waals surface area contributed by atoms with Gasteiger partial charge in [0.15, 0.2) is 0 Å². The molecule has 5 nitrogen and oxygen atoms in total. The summed E-state index contributed by atoms with van der Waals surface area (Å²) in [5.74, 6) is -0.399. The van der Waals surface area contributed by atoms with Crippen LogP contribution in [-0.2, 0) is 16.0 Å². The van der Waals surface area contributed by atoms with Crippen molar-refractivity contribution in [1.82, 2.24) is 9.78 Å². The fourth-order valence-electron chi connectivity index (χ4n) is 1.51. The lowest BCUT2D eigenvalue weighted by Crippen LogP contribution is -2.42. The summed E-state index contributed by atoms with van der Waals surface area (Å²) in [6.07, 6.45) is 4.61. The monoisotopic (exact) mass is 253 g/mol. The molecule has 5 heteroatoms. The third-order valence-corrected chi connectivity index (χ3v) is 2.68. The third-order valence-electron chi connectivity index (χ3n) is 2.68. The molecule has 1 aromatic heterocycles. The van der Waals surface area contributed by atoms with E-state index >= 15 is 0 Å².